The molecule has 1 saturated heterocycles. The second-order valence-corrected chi connectivity index (χ2v) is 9.79. The summed E-state index contributed by atoms with van der Waals surface area (Å²) in [4.78, 5) is 1.65. The lowest BCUT2D eigenvalue weighted by Gasteiger charge is -2.28. The molecule has 1 unspecified atom stereocenters. The van der Waals surface area contributed by atoms with Gasteiger partial charge in [0.2, 0.25) is 10.0 Å². The van der Waals surface area contributed by atoms with Crippen molar-refractivity contribution >= 4 is 26.0 Å². The number of benzene rings is 2. The van der Waals surface area contributed by atoms with Gasteiger partial charge in [0.15, 0.2) is 5.75 Å². The van der Waals surface area contributed by atoms with E-state index in [0.29, 0.717) is 30.5 Å². The quantitative estimate of drug-likeness (QED) is 0.549. The molecule has 0 spiro atoms. The van der Waals surface area contributed by atoms with Gasteiger partial charge in [0.25, 0.3) is 0 Å². The number of likely N-dealkylation sites (N-methyl/N-ethyl adjacent to an activating group) is 1. The molecule has 2 aromatic rings. The molecule has 0 amide bonds. The zero-order chi connectivity index (χ0) is 21.9. The van der Waals surface area contributed by atoms with Crippen molar-refractivity contribution in [2.45, 2.75) is 37.2 Å². The van der Waals surface area contributed by atoms with E-state index in [1.54, 1.807) is 6.92 Å². The van der Waals surface area contributed by atoms with Crippen LogP contribution in [0.2, 0.25) is 0 Å². The maximum absolute atomic E-state index is 13.3. The van der Waals surface area contributed by atoms with Gasteiger partial charge in [-0.05, 0) is 30.2 Å². The van der Waals surface area contributed by atoms with Crippen molar-refractivity contribution in [3.8, 4) is 5.75 Å². The summed E-state index contributed by atoms with van der Waals surface area (Å²) < 4.78 is 70.6. The molecule has 1 aliphatic rings. The minimum absolute atomic E-state index is 0.147. The first kappa shape index (κ1) is 23.1. The highest BCUT2D eigenvalue weighted by Gasteiger charge is 2.39. The van der Waals surface area contributed by atoms with Crippen LogP contribution in [0.25, 0.3) is 0 Å². The number of sulfonamides is 1. The fraction of sp³-hybridized carbons (Fsp3) is 0.400. The van der Waals surface area contributed by atoms with Gasteiger partial charge in [-0.15, -0.1) is 13.2 Å². The molecule has 164 valence electrons. The molecule has 1 aliphatic heterocycles. The van der Waals surface area contributed by atoms with Crippen molar-refractivity contribution in [3.05, 3.63) is 58.6 Å². The number of alkyl halides is 3. The van der Waals surface area contributed by atoms with Crippen molar-refractivity contribution in [1.29, 1.82) is 0 Å². The van der Waals surface area contributed by atoms with Crippen LogP contribution in [0.3, 0.4) is 0 Å². The summed E-state index contributed by atoms with van der Waals surface area (Å²) in [7, 11) is -4.19. The Morgan fingerprint density at radius 1 is 1.20 bits per heavy atom. The van der Waals surface area contributed by atoms with Crippen LogP contribution < -0.4 is 4.74 Å². The lowest BCUT2D eigenvalue weighted by atomic mass is 10.2. The van der Waals surface area contributed by atoms with Crippen LogP contribution in [0.4, 0.5) is 13.2 Å². The lowest BCUT2D eigenvalue weighted by Crippen LogP contribution is -2.42. The van der Waals surface area contributed by atoms with Gasteiger partial charge in [-0.2, -0.15) is 4.31 Å². The molecule has 2 aromatic carbocycles. The maximum Gasteiger partial charge on any atom is 0.573 e. The standard InChI is InChI=1S/C20H22BrF3N2O3S/c1-2-26(17-10-11-25(14-17)13-15-6-4-3-5-7-15)30(27,28)19-9-8-16(21)12-18(19)29-20(22,23)24/h3-9,12,17H,2,10-11,13-14H2,1H3. The number of nitrogens with zero attached hydrogens (tertiary/aromatic N) is 2. The first-order valence-corrected chi connectivity index (χ1v) is 11.7. The molecule has 1 fully saturated rings. The van der Waals surface area contributed by atoms with Gasteiger partial charge in [0, 0.05) is 36.7 Å². The number of likely N-dealkylation sites (tertiary alicyclic amines) is 1. The third-order valence-electron chi connectivity index (χ3n) is 4.93. The van der Waals surface area contributed by atoms with Crippen molar-refractivity contribution in [2.24, 2.45) is 0 Å². The van der Waals surface area contributed by atoms with E-state index in [9.17, 15) is 21.6 Å². The Morgan fingerprint density at radius 3 is 2.53 bits per heavy atom. The van der Waals surface area contributed by atoms with Crippen molar-refractivity contribution in [1.82, 2.24) is 9.21 Å². The molecule has 30 heavy (non-hydrogen) atoms. The second kappa shape index (κ2) is 9.25. The van der Waals surface area contributed by atoms with Crippen LogP contribution in [0.15, 0.2) is 57.9 Å². The molecule has 0 bridgehead atoms. The summed E-state index contributed by atoms with van der Waals surface area (Å²) in [5.41, 5.74) is 1.12. The Balaban J connectivity index is 1.83. The van der Waals surface area contributed by atoms with Gasteiger partial charge < -0.3 is 4.74 Å². The van der Waals surface area contributed by atoms with E-state index in [1.807, 2.05) is 30.3 Å². The average molecular weight is 507 g/mol. The highest BCUT2D eigenvalue weighted by Crippen LogP contribution is 2.35. The van der Waals surface area contributed by atoms with E-state index in [2.05, 4.69) is 25.6 Å². The zero-order valence-electron chi connectivity index (χ0n) is 16.3. The molecule has 0 aliphatic carbocycles. The summed E-state index contributed by atoms with van der Waals surface area (Å²) in [6.07, 6.45) is -4.39. The Labute approximate surface area is 182 Å². The highest BCUT2D eigenvalue weighted by molar-refractivity contribution is 9.10. The Morgan fingerprint density at radius 2 is 1.90 bits per heavy atom. The van der Waals surface area contributed by atoms with E-state index < -0.39 is 27.0 Å². The fourth-order valence-electron chi connectivity index (χ4n) is 3.68. The van der Waals surface area contributed by atoms with Crippen molar-refractivity contribution < 1.29 is 26.3 Å². The van der Waals surface area contributed by atoms with Gasteiger partial charge in [-0.1, -0.05) is 53.2 Å². The Hall–Kier alpha value is -1.62. The SMILES string of the molecule is CCN(C1CCN(Cc2ccccc2)C1)S(=O)(=O)c1ccc(Br)cc1OC(F)(F)F. The van der Waals surface area contributed by atoms with Crippen molar-refractivity contribution in [2.75, 3.05) is 19.6 Å². The number of ether oxygens (including phenoxy) is 1. The molecule has 0 saturated carbocycles. The minimum atomic E-state index is -5.00. The molecule has 1 atom stereocenters. The predicted octanol–water partition coefficient (Wildman–Crippen LogP) is 4.63. The van der Waals surface area contributed by atoms with Crippen LogP contribution >= 0.6 is 15.9 Å². The molecule has 3 rings (SSSR count). The third-order valence-corrected chi connectivity index (χ3v) is 7.49. The number of rotatable bonds is 7. The molecule has 0 N–H and O–H groups in total. The largest absolute Gasteiger partial charge is 0.573 e. The topological polar surface area (TPSA) is 49.9 Å². The van der Waals surface area contributed by atoms with Crippen LogP contribution in [0, 0.1) is 0 Å². The second-order valence-electron chi connectivity index (χ2n) is 7.01. The fourth-order valence-corrected chi connectivity index (χ4v) is 5.77. The molecule has 1 heterocycles. The Bertz CT molecular complexity index is 971. The summed E-state index contributed by atoms with van der Waals surface area (Å²) in [6.45, 7) is 3.73. The van der Waals surface area contributed by atoms with E-state index >= 15 is 0 Å². The first-order chi connectivity index (χ1) is 14.1. The molecular formula is C20H22BrF3N2O3S. The average Bonchev–Trinajstić information content (AvgIpc) is 3.09. The number of halogens is 4. The first-order valence-electron chi connectivity index (χ1n) is 9.43. The van der Waals surface area contributed by atoms with E-state index in [4.69, 9.17) is 0 Å². The van der Waals surface area contributed by atoms with Crippen LogP contribution in [0.5, 0.6) is 5.75 Å². The van der Waals surface area contributed by atoms with Crippen LogP contribution in [-0.4, -0.2) is 49.7 Å². The summed E-state index contributed by atoms with van der Waals surface area (Å²) in [6, 6.07) is 13.0. The van der Waals surface area contributed by atoms with Gasteiger partial charge in [0.1, 0.15) is 4.90 Å². The molecule has 10 heteroatoms. The molecule has 0 aromatic heterocycles. The van der Waals surface area contributed by atoms with Gasteiger partial charge >= 0.3 is 6.36 Å². The minimum Gasteiger partial charge on any atom is -0.404 e. The van der Waals surface area contributed by atoms with E-state index in [0.717, 1.165) is 17.7 Å². The summed E-state index contributed by atoms with van der Waals surface area (Å²) in [5.74, 6) is -0.741. The maximum atomic E-state index is 13.3. The molecule has 5 nitrogen and oxygen atoms in total. The van der Waals surface area contributed by atoms with E-state index in [1.165, 1.54) is 10.4 Å². The number of hydrogen-bond acceptors (Lipinski definition) is 4. The van der Waals surface area contributed by atoms with Gasteiger partial charge in [-0.3, -0.25) is 4.90 Å². The molecule has 0 radical (unpaired) electrons. The monoisotopic (exact) mass is 506 g/mol. The smallest absolute Gasteiger partial charge is 0.404 e. The normalized spacial score (nSPS) is 18.1. The van der Waals surface area contributed by atoms with Crippen molar-refractivity contribution in [3.63, 3.8) is 0 Å². The van der Waals surface area contributed by atoms with Crippen LogP contribution in [0.1, 0.15) is 18.9 Å². The lowest BCUT2D eigenvalue weighted by molar-refractivity contribution is -0.275. The highest BCUT2D eigenvalue weighted by atomic mass is 79.9. The zero-order valence-corrected chi connectivity index (χ0v) is 18.7. The summed E-state index contributed by atoms with van der Waals surface area (Å²) in [5, 5.41) is 0. The molecular weight excluding hydrogens is 485 g/mol. The predicted molar refractivity (Wildman–Crippen MR) is 111 cm³/mol. The number of hydrogen-bond donors (Lipinski definition) is 0. The van der Waals surface area contributed by atoms with Gasteiger partial charge in [-0.25, -0.2) is 8.42 Å². The summed E-state index contributed by atoms with van der Waals surface area (Å²) >= 11 is 3.07. The third kappa shape index (κ3) is 5.54. The van der Waals surface area contributed by atoms with Gasteiger partial charge in [0.05, 0.1) is 0 Å². The van der Waals surface area contributed by atoms with E-state index in [-0.39, 0.29) is 12.6 Å². The van der Waals surface area contributed by atoms with Crippen LogP contribution in [-0.2, 0) is 16.6 Å². The Kier molecular flexibility index (Phi) is 7.11.